The molecule has 1 saturated heterocycles. The minimum absolute atomic E-state index is 0.134. The minimum atomic E-state index is -0.870. The first-order valence-electron chi connectivity index (χ1n) is 6.53. The SMILES string of the molecule is Cc1ncsc1C(=O)N1CC2CCCC2C1C(=O)O. The molecule has 1 saturated carbocycles. The summed E-state index contributed by atoms with van der Waals surface area (Å²) in [6.07, 6.45) is 3.05. The van der Waals surface area contributed by atoms with E-state index >= 15 is 0 Å². The van der Waals surface area contributed by atoms with E-state index in [1.165, 1.54) is 11.3 Å². The molecule has 2 fully saturated rings. The molecule has 6 heteroatoms. The smallest absolute Gasteiger partial charge is 0.326 e. The van der Waals surface area contributed by atoms with E-state index in [9.17, 15) is 14.7 Å². The molecule has 102 valence electrons. The van der Waals surface area contributed by atoms with Crippen molar-refractivity contribution in [3.05, 3.63) is 16.1 Å². The van der Waals surface area contributed by atoms with Crippen molar-refractivity contribution in [3.63, 3.8) is 0 Å². The lowest BCUT2D eigenvalue weighted by molar-refractivity contribution is -0.142. The highest BCUT2D eigenvalue weighted by molar-refractivity contribution is 7.11. The predicted molar refractivity (Wildman–Crippen MR) is 70.1 cm³/mol. The average molecular weight is 280 g/mol. The first kappa shape index (κ1) is 12.6. The Balaban J connectivity index is 1.90. The molecule has 2 heterocycles. The van der Waals surface area contributed by atoms with Gasteiger partial charge in [0.2, 0.25) is 0 Å². The van der Waals surface area contributed by atoms with Crippen LogP contribution in [-0.4, -0.2) is 39.5 Å². The van der Waals surface area contributed by atoms with Gasteiger partial charge in [0.25, 0.3) is 5.91 Å². The van der Waals surface area contributed by atoms with Crippen molar-refractivity contribution in [1.82, 2.24) is 9.88 Å². The van der Waals surface area contributed by atoms with E-state index in [-0.39, 0.29) is 11.8 Å². The number of nitrogens with zero attached hydrogens (tertiary/aromatic N) is 2. The summed E-state index contributed by atoms with van der Waals surface area (Å²) in [6.45, 7) is 2.37. The lowest BCUT2D eigenvalue weighted by Crippen LogP contribution is -2.43. The van der Waals surface area contributed by atoms with E-state index < -0.39 is 12.0 Å². The number of aliphatic carboxylic acids is 1. The number of aromatic nitrogens is 1. The third kappa shape index (κ3) is 1.94. The zero-order valence-corrected chi connectivity index (χ0v) is 11.5. The Morgan fingerprint density at radius 3 is 2.89 bits per heavy atom. The molecule has 0 radical (unpaired) electrons. The van der Waals surface area contributed by atoms with Gasteiger partial charge < -0.3 is 10.0 Å². The summed E-state index contributed by atoms with van der Waals surface area (Å²) in [5.41, 5.74) is 2.33. The van der Waals surface area contributed by atoms with Gasteiger partial charge in [0.05, 0.1) is 11.2 Å². The highest BCUT2D eigenvalue weighted by Crippen LogP contribution is 2.43. The highest BCUT2D eigenvalue weighted by atomic mass is 32.1. The summed E-state index contributed by atoms with van der Waals surface area (Å²) in [6, 6.07) is -0.651. The van der Waals surface area contributed by atoms with Crippen molar-refractivity contribution < 1.29 is 14.7 Å². The Labute approximate surface area is 115 Å². The maximum absolute atomic E-state index is 12.5. The fourth-order valence-corrected chi connectivity index (χ4v) is 4.23. The molecular weight excluding hydrogens is 264 g/mol. The first-order valence-corrected chi connectivity index (χ1v) is 7.41. The second-order valence-electron chi connectivity index (χ2n) is 5.36. The average Bonchev–Trinajstić information content (AvgIpc) is 3.00. The van der Waals surface area contributed by atoms with Crippen LogP contribution in [0.3, 0.4) is 0 Å². The molecule has 1 N–H and O–H groups in total. The molecule has 0 spiro atoms. The number of hydrogen-bond donors (Lipinski definition) is 1. The van der Waals surface area contributed by atoms with E-state index in [0.717, 1.165) is 19.3 Å². The fraction of sp³-hybridized carbons (Fsp3) is 0.615. The van der Waals surface area contributed by atoms with Crippen LogP contribution in [0.25, 0.3) is 0 Å². The molecule has 0 aromatic carbocycles. The standard InChI is InChI=1S/C13H16N2O3S/c1-7-11(19-6-14-7)12(16)15-5-8-3-2-4-9(8)10(15)13(17)18/h6,8-10H,2-5H2,1H3,(H,17,18). The summed E-state index contributed by atoms with van der Waals surface area (Å²) < 4.78 is 0. The van der Waals surface area contributed by atoms with Crippen LogP contribution in [0.4, 0.5) is 0 Å². The van der Waals surface area contributed by atoms with Gasteiger partial charge >= 0.3 is 5.97 Å². The number of rotatable bonds is 2. The number of fused-ring (bicyclic) bond motifs is 1. The Morgan fingerprint density at radius 1 is 1.47 bits per heavy atom. The summed E-state index contributed by atoms with van der Waals surface area (Å²) in [5.74, 6) is -0.542. The van der Waals surface area contributed by atoms with Crippen LogP contribution in [-0.2, 0) is 4.79 Å². The van der Waals surface area contributed by atoms with Gasteiger partial charge in [-0.15, -0.1) is 11.3 Å². The van der Waals surface area contributed by atoms with Crippen molar-refractivity contribution in [2.75, 3.05) is 6.54 Å². The van der Waals surface area contributed by atoms with Crippen LogP contribution in [0.2, 0.25) is 0 Å². The number of aryl methyl sites for hydroxylation is 1. The third-order valence-corrected chi connectivity index (χ3v) is 5.26. The van der Waals surface area contributed by atoms with Crippen molar-refractivity contribution >= 4 is 23.2 Å². The summed E-state index contributed by atoms with van der Waals surface area (Å²) in [4.78, 5) is 30.2. The zero-order chi connectivity index (χ0) is 13.6. The highest BCUT2D eigenvalue weighted by Gasteiger charge is 2.49. The second-order valence-corrected chi connectivity index (χ2v) is 6.22. The summed E-state index contributed by atoms with van der Waals surface area (Å²) in [7, 11) is 0. The molecule has 1 amide bonds. The monoisotopic (exact) mass is 280 g/mol. The van der Waals surface area contributed by atoms with E-state index in [1.807, 2.05) is 0 Å². The topological polar surface area (TPSA) is 70.5 Å². The zero-order valence-electron chi connectivity index (χ0n) is 10.7. The maximum atomic E-state index is 12.5. The summed E-state index contributed by atoms with van der Waals surface area (Å²) in [5, 5.41) is 9.44. The molecule has 1 aliphatic carbocycles. The third-order valence-electron chi connectivity index (χ3n) is 4.34. The molecule has 3 atom stereocenters. The van der Waals surface area contributed by atoms with Crippen molar-refractivity contribution in [3.8, 4) is 0 Å². The van der Waals surface area contributed by atoms with Gasteiger partial charge in [-0.3, -0.25) is 4.79 Å². The van der Waals surface area contributed by atoms with Gasteiger partial charge in [-0.2, -0.15) is 0 Å². The number of hydrogen-bond acceptors (Lipinski definition) is 4. The fourth-order valence-electron chi connectivity index (χ4n) is 3.47. The van der Waals surface area contributed by atoms with Crippen molar-refractivity contribution in [2.45, 2.75) is 32.2 Å². The number of thiazole rings is 1. The van der Waals surface area contributed by atoms with Gasteiger partial charge in [0.1, 0.15) is 10.9 Å². The summed E-state index contributed by atoms with van der Waals surface area (Å²) >= 11 is 1.29. The van der Waals surface area contributed by atoms with E-state index in [1.54, 1.807) is 17.3 Å². The van der Waals surface area contributed by atoms with Crippen LogP contribution in [0.15, 0.2) is 5.51 Å². The Hall–Kier alpha value is -1.43. The predicted octanol–water partition coefficient (Wildman–Crippen LogP) is 1.78. The van der Waals surface area contributed by atoms with E-state index in [2.05, 4.69) is 4.98 Å². The Morgan fingerprint density at radius 2 is 2.26 bits per heavy atom. The first-order chi connectivity index (χ1) is 9.09. The molecule has 3 unspecified atom stereocenters. The normalized spacial score (nSPS) is 29.5. The van der Waals surface area contributed by atoms with Gasteiger partial charge in [-0.05, 0) is 31.6 Å². The molecule has 0 bridgehead atoms. The Bertz CT molecular complexity index is 528. The molecule has 2 aliphatic rings. The Kier molecular flexibility index (Phi) is 3.05. The lowest BCUT2D eigenvalue weighted by atomic mass is 9.94. The lowest BCUT2D eigenvalue weighted by Gasteiger charge is -2.24. The molecule has 19 heavy (non-hydrogen) atoms. The number of carbonyl (C=O) groups excluding carboxylic acids is 1. The van der Waals surface area contributed by atoms with Crippen LogP contribution >= 0.6 is 11.3 Å². The molecule has 1 aliphatic heterocycles. The number of carboxylic acids is 1. The van der Waals surface area contributed by atoms with Crippen LogP contribution in [0, 0.1) is 18.8 Å². The van der Waals surface area contributed by atoms with Crippen LogP contribution < -0.4 is 0 Å². The van der Waals surface area contributed by atoms with Crippen LogP contribution in [0.1, 0.15) is 34.6 Å². The number of likely N-dealkylation sites (tertiary alicyclic amines) is 1. The maximum Gasteiger partial charge on any atom is 0.326 e. The largest absolute Gasteiger partial charge is 0.480 e. The van der Waals surface area contributed by atoms with Gasteiger partial charge in [-0.25, -0.2) is 9.78 Å². The molecule has 1 aromatic heterocycles. The number of amides is 1. The minimum Gasteiger partial charge on any atom is -0.480 e. The number of carboxylic acid groups (broad SMARTS) is 1. The van der Waals surface area contributed by atoms with Gasteiger partial charge in [-0.1, -0.05) is 6.42 Å². The quantitative estimate of drug-likeness (QED) is 0.896. The second kappa shape index (κ2) is 4.59. The molecule has 1 aromatic rings. The molecular formula is C13H16N2O3S. The van der Waals surface area contributed by atoms with Crippen molar-refractivity contribution in [2.24, 2.45) is 11.8 Å². The van der Waals surface area contributed by atoms with Crippen LogP contribution in [0.5, 0.6) is 0 Å². The van der Waals surface area contributed by atoms with E-state index in [0.29, 0.717) is 23.0 Å². The van der Waals surface area contributed by atoms with Gasteiger partial charge in [0, 0.05) is 6.54 Å². The van der Waals surface area contributed by atoms with Crippen molar-refractivity contribution in [1.29, 1.82) is 0 Å². The number of carbonyl (C=O) groups is 2. The molecule has 3 rings (SSSR count). The van der Waals surface area contributed by atoms with Gasteiger partial charge in [0.15, 0.2) is 0 Å². The molecule has 5 nitrogen and oxygen atoms in total. The van der Waals surface area contributed by atoms with E-state index in [4.69, 9.17) is 0 Å².